The number of halogens is 1. The first-order valence-corrected chi connectivity index (χ1v) is 10.5. The zero-order valence-electron chi connectivity index (χ0n) is 17.9. The van der Waals surface area contributed by atoms with Crippen LogP contribution in [0.15, 0.2) is 54.2 Å². The molecule has 1 heterocycles. The molecule has 3 rings (SSSR count). The molecule has 2 N–H and O–H groups in total. The van der Waals surface area contributed by atoms with Gasteiger partial charge >= 0.3 is 12.0 Å². The van der Waals surface area contributed by atoms with E-state index in [1.54, 1.807) is 31.2 Å². The average Bonchev–Trinajstić information content (AvgIpc) is 3.13. The molecule has 7 heteroatoms. The summed E-state index contributed by atoms with van der Waals surface area (Å²) in [5, 5.41) is 5.61. The lowest BCUT2D eigenvalue weighted by atomic mass is 10.0. The molecule has 0 saturated heterocycles. The van der Waals surface area contributed by atoms with Crippen LogP contribution in [0, 0.1) is 5.82 Å². The second kappa shape index (κ2) is 10.6. The molecule has 0 spiro atoms. The number of rotatable bonds is 8. The fourth-order valence-corrected chi connectivity index (χ4v) is 3.62. The lowest BCUT2D eigenvalue weighted by molar-refractivity contribution is 0.0526. The quantitative estimate of drug-likeness (QED) is 0.477. The van der Waals surface area contributed by atoms with Gasteiger partial charge in [0.15, 0.2) is 0 Å². The molecule has 0 radical (unpaired) electrons. The first-order chi connectivity index (χ1) is 15.0. The third kappa shape index (κ3) is 6.07. The van der Waals surface area contributed by atoms with Crippen molar-refractivity contribution in [2.75, 3.05) is 31.6 Å². The minimum Gasteiger partial charge on any atom is -0.462 e. The highest BCUT2D eigenvalue weighted by Gasteiger charge is 2.19. The highest BCUT2D eigenvalue weighted by atomic mass is 19.1. The predicted octanol–water partition coefficient (Wildman–Crippen LogP) is 4.65. The van der Waals surface area contributed by atoms with Gasteiger partial charge in [-0.25, -0.2) is 14.0 Å². The summed E-state index contributed by atoms with van der Waals surface area (Å²) in [6.07, 6.45) is 1.75. The van der Waals surface area contributed by atoms with Gasteiger partial charge in [0.05, 0.1) is 12.2 Å². The summed E-state index contributed by atoms with van der Waals surface area (Å²) in [5.41, 5.74) is 4.57. The van der Waals surface area contributed by atoms with E-state index in [1.807, 2.05) is 12.1 Å². The Bertz CT molecular complexity index is 940. The Morgan fingerprint density at radius 2 is 1.81 bits per heavy atom. The van der Waals surface area contributed by atoms with E-state index in [4.69, 9.17) is 4.74 Å². The van der Waals surface area contributed by atoms with Gasteiger partial charge in [-0.3, -0.25) is 0 Å². The van der Waals surface area contributed by atoms with E-state index < -0.39 is 0 Å². The van der Waals surface area contributed by atoms with E-state index in [0.29, 0.717) is 24.4 Å². The van der Waals surface area contributed by atoms with Crippen LogP contribution >= 0.6 is 0 Å². The highest BCUT2D eigenvalue weighted by molar-refractivity contribution is 5.92. The maximum atomic E-state index is 13.1. The standard InChI is InChI=1S/C24H28FN3O3/c1-3-31-23(29)19-7-11-21(12-8-19)27-24(30)26-14-4-15-28-16-13-22(17(28)2)18-5-9-20(25)10-6-18/h5-12H,3-4,13-16H2,1-2H3,(H2,26,27,30). The maximum absolute atomic E-state index is 13.1. The molecule has 164 valence electrons. The topological polar surface area (TPSA) is 70.7 Å². The fourth-order valence-electron chi connectivity index (χ4n) is 3.62. The van der Waals surface area contributed by atoms with Crippen molar-refractivity contribution >= 4 is 23.3 Å². The smallest absolute Gasteiger partial charge is 0.338 e. The first kappa shape index (κ1) is 22.3. The monoisotopic (exact) mass is 425 g/mol. The third-order valence-corrected chi connectivity index (χ3v) is 5.28. The SMILES string of the molecule is CCOC(=O)c1ccc(NC(=O)NCCCN2CCC(c3ccc(F)cc3)=C2C)cc1. The number of allylic oxidation sites excluding steroid dienone is 1. The summed E-state index contributed by atoms with van der Waals surface area (Å²) in [6, 6.07) is 12.9. The lowest BCUT2D eigenvalue weighted by Crippen LogP contribution is -2.31. The van der Waals surface area contributed by atoms with Crippen LogP contribution < -0.4 is 10.6 Å². The molecular weight excluding hydrogens is 397 g/mol. The van der Waals surface area contributed by atoms with Crippen LogP contribution in [-0.4, -0.2) is 43.1 Å². The molecule has 0 saturated carbocycles. The minimum atomic E-state index is -0.382. The molecule has 0 aliphatic carbocycles. The molecule has 2 amide bonds. The summed E-state index contributed by atoms with van der Waals surface area (Å²) >= 11 is 0. The first-order valence-electron chi connectivity index (χ1n) is 10.5. The normalized spacial score (nSPS) is 13.3. The Labute approximate surface area is 182 Å². The van der Waals surface area contributed by atoms with E-state index in [2.05, 4.69) is 22.5 Å². The van der Waals surface area contributed by atoms with Crippen molar-refractivity contribution < 1.29 is 18.7 Å². The van der Waals surface area contributed by atoms with Crippen molar-refractivity contribution in [2.24, 2.45) is 0 Å². The molecule has 2 aromatic rings. The Morgan fingerprint density at radius 1 is 1.10 bits per heavy atom. The molecule has 0 unspecified atom stereocenters. The van der Waals surface area contributed by atoms with Crippen molar-refractivity contribution in [3.8, 4) is 0 Å². The molecular formula is C24H28FN3O3. The number of ether oxygens (including phenoxy) is 1. The Kier molecular flexibility index (Phi) is 7.65. The van der Waals surface area contributed by atoms with Crippen molar-refractivity contribution in [3.63, 3.8) is 0 Å². The third-order valence-electron chi connectivity index (χ3n) is 5.28. The summed E-state index contributed by atoms with van der Waals surface area (Å²) in [5.74, 6) is -0.608. The molecule has 1 aliphatic heterocycles. The zero-order chi connectivity index (χ0) is 22.2. The van der Waals surface area contributed by atoms with Gasteiger partial charge in [0, 0.05) is 31.0 Å². The molecule has 31 heavy (non-hydrogen) atoms. The number of amides is 2. The predicted molar refractivity (Wildman–Crippen MR) is 119 cm³/mol. The van der Waals surface area contributed by atoms with E-state index in [9.17, 15) is 14.0 Å². The second-order valence-electron chi connectivity index (χ2n) is 7.34. The zero-order valence-corrected chi connectivity index (χ0v) is 17.9. The van der Waals surface area contributed by atoms with Crippen LogP contribution in [0.5, 0.6) is 0 Å². The largest absolute Gasteiger partial charge is 0.462 e. The van der Waals surface area contributed by atoms with Gasteiger partial charge < -0.3 is 20.3 Å². The molecule has 6 nitrogen and oxygen atoms in total. The number of hydrogen-bond donors (Lipinski definition) is 2. The van der Waals surface area contributed by atoms with Crippen molar-refractivity contribution in [2.45, 2.75) is 26.7 Å². The number of carbonyl (C=O) groups is 2. The summed E-state index contributed by atoms with van der Waals surface area (Å²) in [4.78, 5) is 26.0. The highest BCUT2D eigenvalue weighted by Crippen LogP contribution is 2.30. The fraction of sp³-hybridized carbons (Fsp3) is 0.333. The number of esters is 1. The molecule has 1 aliphatic rings. The summed E-state index contributed by atoms with van der Waals surface area (Å²) in [6.45, 7) is 6.47. The second-order valence-corrected chi connectivity index (χ2v) is 7.34. The van der Waals surface area contributed by atoms with E-state index in [0.717, 1.165) is 31.5 Å². The van der Waals surface area contributed by atoms with E-state index in [-0.39, 0.29) is 17.8 Å². The van der Waals surface area contributed by atoms with E-state index in [1.165, 1.54) is 23.4 Å². The Hall–Kier alpha value is -3.35. The van der Waals surface area contributed by atoms with Gasteiger partial charge in [-0.05, 0) is 74.2 Å². The van der Waals surface area contributed by atoms with Crippen LogP contribution in [-0.2, 0) is 4.74 Å². The molecule has 0 aromatic heterocycles. The number of nitrogens with one attached hydrogen (secondary N) is 2. The molecule has 2 aromatic carbocycles. The van der Waals surface area contributed by atoms with Crippen molar-refractivity contribution in [1.29, 1.82) is 0 Å². The van der Waals surface area contributed by atoms with Gasteiger partial charge in [0.2, 0.25) is 0 Å². The van der Waals surface area contributed by atoms with Gasteiger partial charge in [0.25, 0.3) is 0 Å². The van der Waals surface area contributed by atoms with Crippen LogP contribution in [0.25, 0.3) is 5.57 Å². The summed E-state index contributed by atoms with van der Waals surface area (Å²) in [7, 11) is 0. The Morgan fingerprint density at radius 3 is 2.48 bits per heavy atom. The van der Waals surface area contributed by atoms with Gasteiger partial charge in [0.1, 0.15) is 5.82 Å². The number of benzene rings is 2. The molecule has 0 fully saturated rings. The van der Waals surface area contributed by atoms with Crippen molar-refractivity contribution in [3.05, 3.63) is 71.2 Å². The Balaban J connectivity index is 1.41. The molecule has 0 atom stereocenters. The maximum Gasteiger partial charge on any atom is 0.338 e. The minimum absolute atomic E-state index is 0.226. The number of anilines is 1. The van der Waals surface area contributed by atoms with Crippen LogP contribution in [0.4, 0.5) is 14.9 Å². The summed E-state index contributed by atoms with van der Waals surface area (Å²) < 4.78 is 18.1. The average molecular weight is 426 g/mol. The number of carbonyl (C=O) groups excluding carboxylic acids is 2. The number of nitrogens with zero attached hydrogens (tertiary/aromatic N) is 1. The van der Waals surface area contributed by atoms with Gasteiger partial charge in [-0.15, -0.1) is 0 Å². The molecule has 0 bridgehead atoms. The van der Waals surface area contributed by atoms with Gasteiger partial charge in [-0.1, -0.05) is 12.1 Å². The van der Waals surface area contributed by atoms with Crippen LogP contribution in [0.2, 0.25) is 0 Å². The van der Waals surface area contributed by atoms with E-state index >= 15 is 0 Å². The number of urea groups is 1. The van der Waals surface area contributed by atoms with Gasteiger partial charge in [-0.2, -0.15) is 0 Å². The van der Waals surface area contributed by atoms with Crippen LogP contribution in [0.3, 0.4) is 0 Å². The van der Waals surface area contributed by atoms with Crippen LogP contribution in [0.1, 0.15) is 42.6 Å². The lowest BCUT2D eigenvalue weighted by Gasteiger charge is -2.20. The van der Waals surface area contributed by atoms with Crippen molar-refractivity contribution in [1.82, 2.24) is 10.2 Å². The number of hydrogen-bond acceptors (Lipinski definition) is 4.